The number of nitrogens with zero attached hydrogens (tertiary/aromatic N) is 2. The van der Waals surface area contributed by atoms with Crippen LogP contribution in [-0.4, -0.2) is 35.1 Å². The van der Waals surface area contributed by atoms with Crippen LogP contribution in [0.2, 0.25) is 5.02 Å². The van der Waals surface area contributed by atoms with Gasteiger partial charge in [-0.2, -0.15) is 0 Å². The molecule has 2 rings (SSSR count). The average Bonchev–Trinajstić information content (AvgIpc) is 2.54. The fourth-order valence-electron chi connectivity index (χ4n) is 2.28. The fraction of sp³-hybridized carbons (Fsp3) is 0.353. The minimum absolute atomic E-state index is 0.0522. The lowest BCUT2D eigenvalue weighted by atomic mass is 9.87. The van der Waals surface area contributed by atoms with E-state index in [2.05, 4.69) is 25.8 Å². The summed E-state index contributed by atoms with van der Waals surface area (Å²) in [6.07, 6.45) is 1.36. The number of sulfonamides is 1. The summed E-state index contributed by atoms with van der Waals surface area (Å²) in [7, 11) is 3.36. The van der Waals surface area contributed by atoms with Gasteiger partial charge in [0.2, 0.25) is 0 Å². The van der Waals surface area contributed by atoms with Crippen molar-refractivity contribution in [3.8, 4) is 0 Å². The summed E-state index contributed by atoms with van der Waals surface area (Å²) in [6.45, 7) is 5.97. The maximum absolute atomic E-state index is 13.1. The zero-order chi connectivity index (χ0) is 18.8. The predicted octanol–water partition coefficient (Wildman–Crippen LogP) is 2.63. The molecule has 5 nitrogen and oxygen atoms in total. The average molecular weight is 379 g/mol. The molecular formula is C17H20BClN2O3S. The summed E-state index contributed by atoms with van der Waals surface area (Å²) in [4.78, 5) is 4.06. The Morgan fingerprint density at radius 1 is 1.24 bits per heavy atom. The Morgan fingerprint density at radius 3 is 2.36 bits per heavy atom. The van der Waals surface area contributed by atoms with Gasteiger partial charge in [-0.05, 0) is 29.2 Å². The zero-order valence-electron chi connectivity index (χ0n) is 14.7. The van der Waals surface area contributed by atoms with Crippen molar-refractivity contribution in [2.24, 2.45) is 0 Å². The second-order valence-corrected chi connectivity index (χ2v) is 8.90. The van der Waals surface area contributed by atoms with Crippen LogP contribution in [0.5, 0.6) is 0 Å². The molecule has 0 spiro atoms. The first kappa shape index (κ1) is 19.8. The Morgan fingerprint density at radius 2 is 1.84 bits per heavy atom. The minimum Gasteiger partial charge on any atom is -0.363 e. The van der Waals surface area contributed by atoms with Crippen molar-refractivity contribution in [2.45, 2.75) is 31.1 Å². The molecule has 132 valence electrons. The molecule has 0 aliphatic rings. The van der Waals surface area contributed by atoms with Gasteiger partial charge in [-0.1, -0.05) is 44.5 Å². The quantitative estimate of drug-likeness (QED) is 0.593. The van der Waals surface area contributed by atoms with Gasteiger partial charge in [-0.3, -0.25) is 4.98 Å². The van der Waals surface area contributed by atoms with E-state index in [-0.39, 0.29) is 33.3 Å². The lowest BCUT2D eigenvalue weighted by Crippen LogP contribution is -2.36. The molecule has 0 amide bonds. The fourth-order valence-corrected chi connectivity index (χ4v) is 3.81. The van der Waals surface area contributed by atoms with Gasteiger partial charge in [0.15, 0.2) is 0 Å². The predicted molar refractivity (Wildman–Crippen MR) is 101 cm³/mol. The highest BCUT2D eigenvalue weighted by Gasteiger charge is 2.27. The van der Waals surface area contributed by atoms with Crippen molar-refractivity contribution in [3.05, 3.63) is 47.1 Å². The second kappa shape index (κ2) is 7.36. The molecule has 1 aromatic carbocycles. The molecule has 25 heavy (non-hydrogen) atoms. The molecule has 0 bridgehead atoms. The Hall–Kier alpha value is -1.57. The molecule has 0 fully saturated rings. The highest BCUT2D eigenvalue weighted by atomic mass is 35.5. The normalized spacial score (nSPS) is 12.2. The van der Waals surface area contributed by atoms with E-state index in [1.54, 1.807) is 24.3 Å². The third-order valence-electron chi connectivity index (χ3n) is 3.69. The van der Waals surface area contributed by atoms with Crippen molar-refractivity contribution >= 4 is 40.8 Å². The molecule has 0 saturated heterocycles. The lowest BCUT2D eigenvalue weighted by molar-refractivity contribution is 0.210. The second-order valence-electron chi connectivity index (χ2n) is 6.60. The number of benzene rings is 1. The summed E-state index contributed by atoms with van der Waals surface area (Å²) in [5, 5.41) is 0.281. The van der Waals surface area contributed by atoms with Crippen LogP contribution in [0.15, 0.2) is 41.4 Å². The number of rotatable bonds is 5. The molecule has 0 saturated carbocycles. The highest BCUT2D eigenvalue weighted by molar-refractivity contribution is 7.92. The van der Waals surface area contributed by atoms with E-state index in [4.69, 9.17) is 24.2 Å². The van der Waals surface area contributed by atoms with E-state index in [0.717, 1.165) is 9.87 Å². The van der Waals surface area contributed by atoms with Crippen LogP contribution >= 0.6 is 11.6 Å². The molecule has 0 N–H and O–H groups in total. The van der Waals surface area contributed by atoms with Crippen LogP contribution in [0.1, 0.15) is 26.3 Å². The summed E-state index contributed by atoms with van der Waals surface area (Å²) in [6, 6.07) is 8.21. The summed E-state index contributed by atoms with van der Waals surface area (Å²) >= 11 is 5.95. The summed E-state index contributed by atoms with van der Waals surface area (Å²) in [5.41, 5.74) is 1.19. The van der Waals surface area contributed by atoms with Gasteiger partial charge >= 0.3 is 0 Å². The minimum atomic E-state index is -3.89. The molecular weight excluding hydrogens is 359 g/mol. The molecule has 1 aromatic heterocycles. The molecule has 2 radical (unpaired) electrons. The van der Waals surface area contributed by atoms with Crippen molar-refractivity contribution < 1.29 is 13.2 Å². The van der Waals surface area contributed by atoms with E-state index in [9.17, 15) is 8.42 Å². The molecule has 8 heteroatoms. The molecule has 0 aliphatic heterocycles. The van der Waals surface area contributed by atoms with Gasteiger partial charge in [0.05, 0.1) is 15.6 Å². The zero-order valence-corrected chi connectivity index (χ0v) is 16.2. The number of hydrogen-bond acceptors (Lipinski definition) is 4. The number of aromatic nitrogens is 1. The first-order valence-corrected chi connectivity index (χ1v) is 9.42. The smallest absolute Gasteiger partial charge is 0.266 e. The molecule has 0 atom stereocenters. The van der Waals surface area contributed by atoms with Gasteiger partial charge in [-0.15, -0.1) is 0 Å². The molecule has 0 unspecified atom stereocenters. The van der Waals surface area contributed by atoms with Crippen molar-refractivity contribution in [2.75, 3.05) is 18.1 Å². The SMILES string of the molecule is [B]c1ncc(Cl)cc1N(COC)S(=O)(=O)c1ccc(C(C)(C)C)cc1. The van der Waals surface area contributed by atoms with Crippen LogP contribution < -0.4 is 9.90 Å². The van der Waals surface area contributed by atoms with Gasteiger partial charge < -0.3 is 4.74 Å². The van der Waals surface area contributed by atoms with Crippen LogP contribution in [0, 0.1) is 0 Å². The van der Waals surface area contributed by atoms with E-state index >= 15 is 0 Å². The van der Waals surface area contributed by atoms with E-state index in [1.807, 2.05) is 0 Å². The largest absolute Gasteiger partial charge is 0.363 e. The van der Waals surface area contributed by atoms with E-state index in [1.165, 1.54) is 19.4 Å². The van der Waals surface area contributed by atoms with Crippen molar-refractivity contribution in [3.63, 3.8) is 0 Å². The van der Waals surface area contributed by atoms with Gasteiger partial charge in [-0.25, -0.2) is 12.7 Å². The highest BCUT2D eigenvalue weighted by Crippen LogP contribution is 2.27. The third-order valence-corrected chi connectivity index (χ3v) is 5.64. The number of ether oxygens (including phenoxy) is 1. The number of methoxy groups -OCH3 is 1. The van der Waals surface area contributed by atoms with Crippen molar-refractivity contribution in [1.82, 2.24) is 4.98 Å². The number of halogens is 1. The Bertz CT molecular complexity index is 849. The van der Waals surface area contributed by atoms with Gasteiger partial charge in [0.1, 0.15) is 14.6 Å². The maximum Gasteiger partial charge on any atom is 0.266 e. The number of pyridine rings is 1. The Balaban J connectivity index is 2.51. The van der Waals surface area contributed by atoms with Crippen LogP contribution in [0.25, 0.3) is 0 Å². The van der Waals surface area contributed by atoms with E-state index < -0.39 is 10.0 Å². The molecule has 0 aliphatic carbocycles. The third kappa shape index (κ3) is 4.34. The molecule has 2 aromatic rings. The number of hydrogen-bond donors (Lipinski definition) is 0. The lowest BCUT2D eigenvalue weighted by Gasteiger charge is -2.25. The van der Waals surface area contributed by atoms with E-state index in [0.29, 0.717) is 0 Å². The van der Waals surface area contributed by atoms with Gasteiger partial charge in [0, 0.05) is 18.9 Å². The first-order valence-electron chi connectivity index (χ1n) is 7.60. The standard InChI is InChI=1S/C17H20BClN2O3S/c1-17(2,3)12-5-7-14(8-6-12)25(22,23)21(11-24-4)15-9-13(19)10-20-16(15)18/h5-10H,11H2,1-4H3. The Labute approximate surface area is 155 Å². The summed E-state index contributed by atoms with van der Waals surface area (Å²) < 4.78 is 32.2. The molecule has 1 heterocycles. The number of anilines is 1. The first-order chi connectivity index (χ1) is 11.6. The summed E-state index contributed by atoms with van der Waals surface area (Å²) in [5.74, 6) is 0. The van der Waals surface area contributed by atoms with Crippen LogP contribution in [0.3, 0.4) is 0 Å². The van der Waals surface area contributed by atoms with Crippen LogP contribution in [0.4, 0.5) is 5.69 Å². The van der Waals surface area contributed by atoms with Gasteiger partial charge in [0.25, 0.3) is 10.0 Å². The maximum atomic E-state index is 13.1. The van der Waals surface area contributed by atoms with Crippen LogP contribution in [-0.2, 0) is 20.2 Å². The monoisotopic (exact) mass is 378 g/mol. The Kier molecular flexibility index (Phi) is 5.81. The topological polar surface area (TPSA) is 59.5 Å². The van der Waals surface area contributed by atoms with Crippen molar-refractivity contribution in [1.29, 1.82) is 0 Å².